The normalized spacial score (nSPS) is 13.1. The Kier molecular flexibility index (Phi) is 4.24. The predicted octanol–water partition coefficient (Wildman–Crippen LogP) is 2.08. The Bertz CT molecular complexity index is 792. The third kappa shape index (κ3) is 2.73. The van der Waals surface area contributed by atoms with Crippen LogP contribution in [-0.2, 0) is 4.74 Å². The fourth-order valence-corrected chi connectivity index (χ4v) is 2.65. The van der Waals surface area contributed by atoms with E-state index in [1.165, 1.54) is 13.3 Å². The number of pyridine rings is 2. The van der Waals surface area contributed by atoms with Gasteiger partial charge in [0, 0.05) is 30.1 Å². The molecule has 0 saturated heterocycles. The van der Waals surface area contributed by atoms with Crippen molar-refractivity contribution in [3.05, 3.63) is 29.6 Å². The molecule has 0 atom stereocenters. The molecule has 2 aromatic rings. The summed E-state index contributed by atoms with van der Waals surface area (Å²) in [6.45, 7) is 3.19. The van der Waals surface area contributed by atoms with Crippen molar-refractivity contribution in [2.24, 2.45) is 0 Å². The van der Waals surface area contributed by atoms with E-state index in [4.69, 9.17) is 14.2 Å². The van der Waals surface area contributed by atoms with Crippen molar-refractivity contribution < 1.29 is 19.0 Å². The second-order valence-corrected chi connectivity index (χ2v) is 5.50. The number of hydrogen-bond donors (Lipinski definition) is 0. The van der Waals surface area contributed by atoms with Crippen molar-refractivity contribution in [1.82, 2.24) is 9.97 Å². The van der Waals surface area contributed by atoms with Gasteiger partial charge in [0.25, 0.3) is 0 Å². The lowest BCUT2D eigenvalue weighted by molar-refractivity contribution is 0.0601. The number of fused-ring (bicyclic) bond motifs is 1. The van der Waals surface area contributed by atoms with Crippen LogP contribution in [0.15, 0.2) is 18.3 Å². The van der Waals surface area contributed by atoms with E-state index in [2.05, 4.69) is 9.97 Å². The van der Waals surface area contributed by atoms with Crippen LogP contribution < -0.4 is 14.4 Å². The summed E-state index contributed by atoms with van der Waals surface area (Å²) in [5.41, 5.74) is 2.44. The second kappa shape index (κ2) is 6.35. The maximum absolute atomic E-state index is 12.1. The molecule has 0 radical (unpaired) electrons. The number of nitrogens with zero attached hydrogens (tertiary/aromatic N) is 3. The van der Waals surface area contributed by atoms with Crippen LogP contribution in [0, 0.1) is 6.92 Å². The highest BCUT2D eigenvalue weighted by Crippen LogP contribution is 2.40. The number of ether oxygens (including phenoxy) is 3. The SMILES string of the molecule is COC(=O)c1cnc(C)cc1-c1cc2c(nc1OC)N(C)CCO2. The smallest absolute Gasteiger partial charge is 0.340 e. The molecule has 1 aliphatic rings. The molecule has 0 unspecified atom stereocenters. The summed E-state index contributed by atoms with van der Waals surface area (Å²) >= 11 is 0. The van der Waals surface area contributed by atoms with Gasteiger partial charge in [0.1, 0.15) is 6.61 Å². The monoisotopic (exact) mass is 329 g/mol. The molecule has 0 spiro atoms. The van der Waals surface area contributed by atoms with E-state index in [1.807, 2.05) is 31.0 Å². The number of esters is 1. The Balaban J connectivity index is 2.23. The number of methoxy groups -OCH3 is 2. The molecule has 0 aromatic carbocycles. The molecule has 3 rings (SSSR count). The van der Waals surface area contributed by atoms with Crippen LogP contribution >= 0.6 is 0 Å². The molecular weight excluding hydrogens is 310 g/mol. The van der Waals surface area contributed by atoms with Crippen LogP contribution in [0.2, 0.25) is 0 Å². The maximum atomic E-state index is 12.1. The topological polar surface area (TPSA) is 73.8 Å². The van der Waals surface area contributed by atoms with Crippen LogP contribution in [0.1, 0.15) is 16.1 Å². The molecule has 0 amide bonds. The van der Waals surface area contributed by atoms with Gasteiger partial charge >= 0.3 is 5.97 Å². The molecule has 0 aliphatic carbocycles. The lowest BCUT2D eigenvalue weighted by Crippen LogP contribution is -2.29. The summed E-state index contributed by atoms with van der Waals surface area (Å²) in [7, 11) is 4.84. The second-order valence-electron chi connectivity index (χ2n) is 5.50. The molecule has 126 valence electrons. The van der Waals surface area contributed by atoms with Gasteiger partial charge in [-0.05, 0) is 19.1 Å². The fourth-order valence-electron chi connectivity index (χ4n) is 2.65. The van der Waals surface area contributed by atoms with Gasteiger partial charge in [-0.1, -0.05) is 0 Å². The number of likely N-dealkylation sites (N-methyl/N-ethyl adjacent to an activating group) is 1. The Morgan fingerprint density at radius 2 is 2.08 bits per heavy atom. The molecule has 0 fully saturated rings. The van der Waals surface area contributed by atoms with E-state index >= 15 is 0 Å². The molecular formula is C17H19N3O4. The zero-order valence-corrected chi connectivity index (χ0v) is 14.1. The number of anilines is 1. The largest absolute Gasteiger partial charge is 0.488 e. The van der Waals surface area contributed by atoms with Crippen LogP contribution in [0.25, 0.3) is 11.1 Å². The minimum atomic E-state index is -0.463. The van der Waals surface area contributed by atoms with Gasteiger partial charge in [-0.3, -0.25) is 4.98 Å². The molecule has 7 heteroatoms. The van der Waals surface area contributed by atoms with Gasteiger partial charge in [0.05, 0.1) is 26.3 Å². The van der Waals surface area contributed by atoms with E-state index in [0.29, 0.717) is 40.7 Å². The first-order valence-electron chi connectivity index (χ1n) is 7.53. The van der Waals surface area contributed by atoms with Crippen LogP contribution in [0.5, 0.6) is 11.6 Å². The number of carbonyl (C=O) groups excluding carboxylic acids is 1. The number of hydrogen-bond acceptors (Lipinski definition) is 7. The van der Waals surface area contributed by atoms with Gasteiger partial charge < -0.3 is 19.1 Å². The van der Waals surface area contributed by atoms with E-state index in [9.17, 15) is 4.79 Å². The average molecular weight is 329 g/mol. The van der Waals surface area contributed by atoms with Crippen molar-refractivity contribution in [1.29, 1.82) is 0 Å². The zero-order valence-electron chi connectivity index (χ0n) is 14.1. The van der Waals surface area contributed by atoms with Crippen LogP contribution in [0.4, 0.5) is 5.82 Å². The van der Waals surface area contributed by atoms with E-state index in [0.717, 1.165) is 12.2 Å². The molecule has 2 aromatic heterocycles. The Labute approximate surface area is 140 Å². The van der Waals surface area contributed by atoms with Crippen LogP contribution in [-0.4, -0.2) is 50.4 Å². The van der Waals surface area contributed by atoms with Crippen molar-refractivity contribution in [3.63, 3.8) is 0 Å². The Morgan fingerprint density at radius 1 is 1.29 bits per heavy atom. The van der Waals surface area contributed by atoms with E-state index < -0.39 is 5.97 Å². The third-order valence-electron chi connectivity index (χ3n) is 3.91. The average Bonchev–Trinajstić information content (AvgIpc) is 2.60. The molecule has 0 saturated carbocycles. The first kappa shape index (κ1) is 16.0. The van der Waals surface area contributed by atoms with Gasteiger partial charge in [-0.15, -0.1) is 0 Å². The number of carbonyl (C=O) groups is 1. The van der Waals surface area contributed by atoms with Crippen molar-refractivity contribution in [2.75, 3.05) is 39.3 Å². The number of aromatic nitrogens is 2. The fraction of sp³-hybridized carbons (Fsp3) is 0.353. The summed E-state index contributed by atoms with van der Waals surface area (Å²) in [5.74, 6) is 1.33. The zero-order chi connectivity index (χ0) is 17.3. The minimum Gasteiger partial charge on any atom is -0.488 e. The Hall–Kier alpha value is -2.83. The molecule has 24 heavy (non-hydrogen) atoms. The first-order chi connectivity index (χ1) is 11.5. The Morgan fingerprint density at radius 3 is 2.79 bits per heavy atom. The van der Waals surface area contributed by atoms with E-state index in [-0.39, 0.29) is 0 Å². The van der Waals surface area contributed by atoms with Gasteiger partial charge in [-0.2, -0.15) is 4.98 Å². The molecule has 0 N–H and O–H groups in total. The first-order valence-corrected chi connectivity index (χ1v) is 7.53. The van der Waals surface area contributed by atoms with E-state index in [1.54, 1.807) is 7.11 Å². The molecule has 3 heterocycles. The predicted molar refractivity (Wildman–Crippen MR) is 88.9 cm³/mol. The van der Waals surface area contributed by atoms with Crippen molar-refractivity contribution >= 4 is 11.8 Å². The minimum absolute atomic E-state index is 0.354. The summed E-state index contributed by atoms with van der Waals surface area (Å²) in [5, 5.41) is 0. The summed E-state index contributed by atoms with van der Waals surface area (Å²) in [6.07, 6.45) is 1.50. The quantitative estimate of drug-likeness (QED) is 0.798. The van der Waals surface area contributed by atoms with Gasteiger partial charge in [0.15, 0.2) is 11.6 Å². The number of rotatable bonds is 3. The highest BCUT2D eigenvalue weighted by molar-refractivity contribution is 5.98. The summed E-state index contributed by atoms with van der Waals surface area (Å²) < 4.78 is 16.0. The van der Waals surface area contributed by atoms with Gasteiger partial charge in [0.2, 0.25) is 5.88 Å². The lowest BCUT2D eigenvalue weighted by atomic mass is 10.0. The lowest BCUT2D eigenvalue weighted by Gasteiger charge is -2.27. The summed E-state index contributed by atoms with van der Waals surface area (Å²) in [6, 6.07) is 3.66. The van der Waals surface area contributed by atoms with Crippen molar-refractivity contribution in [3.8, 4) is 22.8 Å². The van der Waals surface area contributed by atoms with Gasteiger partial charge in [-0.25, -0.2) is 4.79 Å². The highest BCUT2D eigenvalue weighted by Gasteiger charge is 2.24. The maximum Gasteiger partial charge on any atom is 0.340 e. The highest BCUT2D eigenvalue weighted by atomic mass is 16.5. The molecule has 1 aliphatic heterocycles. The van der Waals surface area contributed by atoms with Crippen molar-refractivity contribution in [2.45, 2.75) is 6.92 Å². The standard InChI is InChI=1S/C17H19N3O4/c1-10-7-11(13(9-18-10)17(21)23-4)12-8-14-15(19-16(12)22-3)20(2)5-6-24-14/h7-9H,5-6H2,1-4H3. The molecule has 0 bridgehead atoms. The third-order valence-corrected chi connectivity index (χ3v) is 3.91. The summed E-state index contributed by atoms with van der Waals surface area (Å²) in [4.78, 5) is 22.8. The van der Waals surface area contributed by atoms with Crippen LogP contribution in [0.3, 0.4) is 0 Å². The molecule has 7 nitrogen and oxygen atoms in total. The number of aryl methyl sites for hydroxylation is 1.